The van der Waals surface area contributed by atoms with Crippen molar-refractivity contribution in [3.63, 3.8) is 0 Å². The molecule has 1 heterocycles. The Kier molecular flexibility index (Phi) is 7.57. The number of hydrogen-bond donors (Lipinski definition) is 0. The van der Waals surface area contributed by atoms with E-state index in [1.807, 2.05) is 12.1 Å². The SMILES string of the molecule is CCCCCCCCCc1c2cccc1OOOOCC2. The molecular formula is C17H26O4. The van der Waals surface area contributed by atoms with Crippen LogP contribution in [0.4, 0.5) is 0 Å². The summed E-state index contributed by atoms with van der Waals surface area (Å²) in [6, 6.07) is 6.01. The molecule has 1 aromatic carbocycles. The van der Waals surface area contributed by atoms with Crippen LogP contribution in [0.5, 0.6) is 5.75 Å². The molecule has 0 unspecified atom stereocenters. The van der Waals surface area contributed by atoms with Crippen LogP contribution in [0.2, 0.25) is 0 Å². The number of benzene rings is 1. The van der Waals surface area contributed by atoms with E-state index in [-0.39, 0.29) is 0 Å². The normalized spacial score (nSPS) is 14.9. The van der Waals surface area contributed by atoms with Crippen molar-refractivity contribution in [2.24, 2.45) is 0 Å². The fourth-order valence-corrected chi connectivity index (χ4v) is 2.72. The van der Waals surface area contributed by atoms with Gasteiger partial charge in [0.05, 0.1) is 6.61 Å². The zero-order chi connectivity index (χ0) is 14.8. The Balaban J connectivity index is 1.82. The first-order chi connectivity index (χ1) is 10.4. The zero-order valence-electron chi connectivity index (χ0n) is 12.9. The van der Waals surface area contributed by atoms with E-state index in [2.05, 4.69) is 23.1 Å². The van der Waals surface area contributed by atoms with Gasteiger partial charge in [0, 0.05) is 10.6 Å². The van der Waals surface area contributed by atoms with Crippen LogP contribution in [0.1, 0.15) is 63.0 Å². The largest absolute Gasteiger partial charge is 0.306 e. The molecule has 2 rings (SSSR count). The van der Waals surface area contributed by atoms with Crippen LogP contribution in [0.25, 0.3) is 0 Å². The quantitative estimate of drug-likeness (QED) is 0.514. The minimum Gasteiger partial charge on any atom is -0.306 e. The Labute approximate surface area is 127 Å². The lowest BCUT2D eigenvalue weighted by molar-refractivity contribution is -0.606. The third-order valence-electron chi connectivity index (χ3n) is 3.91. The molecule has 4 nitrogen and oxygen atoms in total. The van der Waals surface area contributed by atoms with Gasteiger partial charge in [0.2, 0.25) is 0 Å². The highest BCUT2D eigenvalue weighted by molar-refractivity contribution is 5.40. The van der Waals surface area contributed by atoms with Gasteiger partial charge in [-0.1, -0.05) is 57.6 Å². The maximum atomic E-state index is 5.16. The Morgan fingerprint density at radius 3 is 2.62 bits per heavy atom. The second kappa shape index (κ2) is 9.77. The van der Waals surface area contributed by atoms with Crippen molar-refractivity contribution in [2.45, 2.75) is 64.7 Å². The van der Waals surface area contributed by atoms with Crippen LogP contribution in [-0.2, 0) is 27.8 Å². The summed E-state index contributed by atoms with van der Waals surface area (Å²) in [5.74, 6) is 0.740. The molecule has 1 aliphatic rings. The van der Waals surface area contributed by atoms with Crippen molar-refractivity contribution in [3.05, 3.63) is 29.3 Å². The summed E-state index contributed by atoms with van der Waals surface area (Å²) >= 11 is 0. The van der Waals surface area contributed by atoms with Gasteiger partial charge in [-0.05, 0) is 35.9 Å². The fourth-order valence-electron chi connectivity index (χ4n) is 2.72. The molecule has 0 amide bonds. The number of unbranched alkanes of at least 4 members (excludes halogenated alkanes) is 6. The van der Waals surface area contributed by atoms with E-state index in [9.17, 15) is 0 Å². The molecule has 118 valence electrons. The molecule has 1 aliphatic heterocycles. The van der Waals surface area contributed by atoms with Gasteiger partial charge in [-0.2, -0.15) is 0 Å². The highest BCUT2D eigenvalue weighted by Gasteiger charge is 2.13. The van der Waals surface area contributed by atoms with Gasteiger partial charge < -0.3 is 4.89 Å². The van der Waals surface area contributed by atoms with Gasteiger partial charge in [-0.25, -0.2) is 4.89 Å². The minimum atomic E-state index is 0.469. The number of hydrogen-bond acceptors (Lipinski definition) is 4. The zero-order valence-corrected chi connectivity index (χ0v) is 12.9. The van der Waals surface area contributed by atoms with Crippen LogP contribution in [0.3, 0.4) is 0 Å². The second-order valence-electron chi connectivity index (χ2n) is 5.56. The van der Waals surface area contributed by atoms with Gasteiger partial charge in [-0.3, -0.25) is 0 Å². The molecule has 0 atom stereocenters. The Morgan fingerprint density at radius 2 is 1.76 bits per heavy atom. The molecule has 0 spiro atoms. The van der Waals surface area contributed by atoms with Crippen molar-refractivity contribution in [3.8, 4) is 5.75 Å². The molecule has 0 aromatic heterocycles. The number of fused-ring (bicyclic) bond motifs is 2. The molecule has 21 heavy (non-hydrogen) atoms. The van der Waals surface area contributed by atoms with Crippen molar-refractivity contribution >= 4 is 0 Å². The summed E-state index contributed by atoms with van der Waals surface area (Å²) < 4.78 is 0. The summed E-state index contributed by atoms with van der Waals surface area (Å²) in [6.07, 6.45) is 11.0. The number of rotatable bonds is 8. The summed E-state index contributed by atoms with van der Waals surface area (Å²) in [7, 11) is 0. The lowest BCUT2D eigenvalue weighted by atomic mass is 9.97. The maximum Gasteiger partial charge on any atom is 0.172 e. The van der Waals surface area contributed by atoms with E-state index in [0.29, 0.717) is 6.61 Å². The molecule has 1 aromatic rings. The average Bonchev–Trinajstić information content (AvgIpc) is 2.55. The van der Waals surface area contributed by atoms with Crippen LogP contribution < -0.4 is 4.89 Å². The topological polar surface area (TPSA) is 36.9 Å². The summed E-state index contributed by atoms with van der Waals surface area (Å²) in [6.45, 7) is 2.72. The molecule has 0 fully saturated rings. The Morgan fingerprint density at radius 1 is 0.952 bits per heavy atom. The van der Waals surface area contributed by atoms with Gasteiger partial charge in [0.25, 0.3) is 0 Å². The predicted octanol–water partition coefficient (Wildman–Crippen LogP) is 4.71. The van der Waals surface area contributed by atoms with Gasteiger partial charge >= 0.3 is 0 Å². The van der Waals surface area contributed by atoms with Crippen LogP contribution in [0.15, 0.2) is 18.2 Å². The molecular weight excluding hydrogens is 268 g/mol. The fraction of sp³-hybridized carbons (Fsp3) is 0.647. The second-order valence-corrected chi connectivity index (χ2v) is 5.56. The predicted molar refractivity (Wildman–Crippen MR) is 80.6 cm³/mol. The summed E-state index contributed by atoms with van der Waals surface area (Å²) in [5.41, 5.74) is 2.48. The average molecular weight is 294 g/mol. The first kappa shape index (κ1) is 16.3. The van der Waals surface area contributed by atoms with E-state index in [4.69, 9.17) is 9.78 Å². The Bertz CT molecular complexity index is 380. The van der Waals surface area contributed by atoms with Gasteiger partial charge in [-0.15, -0.1) is 0 Å². The van der Waals surface area contributed by atoms with Crippen LogP contribution >= 0.6 is 0 Å². The van der Waals surface area contributed by atoms with Gasteiger partial charge in [0.1, 0.15) is 0 Å². The first-order valence-corrected chi connectivity index (χ1v) is 8.15. The Hall–Kier alpha value is -1.10. The summed E-state index contributed by atoms with van der Waals surface area (Å²) in [4.78, 5) is 10.0. The first-order valence-electron chi connectivity index (χ1n) is 8.15. The summed E-state index contributed by atoms with van der Waals surface area (Å²) in [5, 5.41) is 9.06. The van der Waals surface area contributed by atoms with E-state index in [1.165, 1.54) is 56.1 Å². The lowest BCUT2D eigenvalue weighted by Crippen LogP contribution is -2.00. The molecule has 0 saturated carbocycles. The monoisotopic (exact) mass is 294 g/mol. The van der Waals surface area contributed by atoms with Crippen molar-refractivity contribution in [1.29, 1.82) is 0 Å². The van der Waals surface area contributed by atoms with E-state index < -0.39 is 0 Å². The van der Waals surface area contributed by atoms with E-state index in [0.717, 1.165) is 18.6 Å². The molecule has 0 aliphatic carbocycles. The maximum absolute atomic E-state index is 5.16. The smallest absolute Gasteiger partial charge is 0.172 e. The molecule has 2 bridgehead atoms. The van der Waals surface area contributed by atoms with E-state index in [1.54, 1.807) is 0 Å². The van der Waals surface area contributed by atoms with Gasteiger partial charge in [0.15, 0.2) is 5.75 Å². The standard InChI is InChI=1S/C17H26O4/c1-2-3-4-5-6-7-8-11-16-15-10-9-12-17(16)19-21-20-18-14-13-15/h9-10,12H,2-8,11,13-14H2,1H3. The third-order valence-corrected chi connectivity index (χ3v) is 3.91. The third kappa shape index (κ3) is 5.65. The molecule has 0 radical (unpaired) electrons. The molecule has 0 N–H and O–H groups in total. The molecule has 0 saturated heterocycles. The highest BCUT2D eigenvalue weighted by Crippen LogP contribution is 2.26. The lowest BCUT2D eigenvalue weighted by Gasteiger charge is -2.11. The minimum absolute atomic E-state index is 0.469. The van der Waals surface area contributed by atoms with Crippen LogP contribution in [-0.4, -0.2) is 6.61 Å². The van der Waals surface area contributed by atoms with Crippen molar-refractivity contribution in [1.82, 2.24) is 0 Å². The highest BCUT2D eigenvalue weighted by atomic mass is 17.7. The van der Waals surface area contributed by atoms with Crippen molar-refractivity contribution < 1.29 is 19.9 Å². The van der Waals surface area contributed by atoms with E-state index >= 15 is 0 Å². The van der Waals surface area contributed by atoms with Crippen LogP contribution in [0, 0.1) is 0 Å². The van der Waals surface area contributed by atoms with Crippen molar-refractivity contribution in [2.75, 3.05) is 6.61 Å². The molecule has 4 heteroatoms.